The molecule has 2 rings (SSSR count). The maximum Gasteiger partial charge on any atom is 0.127 e. The first-order chi connectivity index (χ1) is 9.47. The molecule has 2 N–H and O–H groups in total. The molecule has 1 aromatic carbocycles. The first kappa shape index (κ1) is 15.6. The lowest BCUT2D eigenvalue weighted by atomic mass is 10.0. The summed E-state index contributed by atoms with van der Waals surface area (Å²) in [4.78, 5) is 2.29. The normalized spacial score (nSPS) is 15.6. The maximum atomic E-state index is 6.19. The van der Waals surface area contributed by atoms with Gasteiger partial charge in [-0.3, -0.25) is 0 Å². The third-order valence-electron chi connectivity index (χ3n) is 3.97. The second-order valence-electron chi connectivity index (χ2n) is 6.09. The van der Waals surface area contributed by atoms with Gasteiger partial charge in [-0.1, -0.05) is 25.4 Å². The molecule has 0 radical (unpaired) electrons. The van der Waals surface area contributed by atoms with Crippen molar-refractivity contribution in [3.8, 4) is 5.75 Å². The molecule has 0 bridgehead atoms. The number of benzene rings is 1. The van der Waals surface area contributed by atoms with Crippen molar-refractivity contribution in [1.29, 1.82) is 0 Å². The molecule has 1 heterocycles. The lowest BCUT2D eigenvalue weighted by Gasteiger charge is -2.22. The summed E-state index contributed by atoms with van der Waals surface area (Å²) in [6.45, 7) is 6.95. The monoisotopic (exact) mass is 296 g/mol. The number of hydrogen-bond donors (Lipinski definition) is 1. The molecule has 1 aliphatic rings. The Balaban J connectivity index is 1.96. The zero-order valence-electron chi connectivity index (χ0n) is 12.7. The summed E-state index contributed by atoms with van der Waals surface area (Å²) in [7, 11) is 2.12. The first-order valence-electron chi connectivity index (χ1n) is 7.35. The molecule has 0 saturated heterocycles. The number of fused-ring (bicyclic) bond motifs is 1. The topological polar surface area (TPSA) is 38.5 Å². The SMILES string of the molecule is CC(C)C(N)CCN(C)Cc1cc(Cl)cc2c1OCC2. The summed E-state index contributed by atoms with van der Waals surface area (Å²) >= 11 is 6.19. The fraction of sp³-hybridized carbons (Fsp3) is 0.625. The minimum absolute atomic E-state index is 0.263. The summed E-state index contributed by atoms with van der Waals surface area (Å²) in [5.74, 6) is 1.57. The highest BCUT2D eigenvalue weighted by Crippen LogP contribution is 2.33. The van der Waals surface area contributed by atoms with Crippen molar-refractivity contribution < 1.29 is 4.74 Å². The van der Waals surface area contributed by atoms with Crippen LogP contribution in [0.2, 0.25) is 5.02 Å². The lowest BCUT2D eigenvalue weighted by molar-refractivity contribution is 0.288. The van der Waals surface area contributed by atoms with E-state index in [1.54, 1.807) is 0 Å². The summed E-state index contributed by atoms with van der Waals surface area (Å²) < 4.78 is 5.74. The molecule has 20 heavy (non-hydrogen) atoms. The highest BCUT2D eigenvalue weighted by Gasteiger charge is 2.18. The van der Waals surface area contributed by atoms with E-state index in [0.29, 0.717) is 5.92 Å². The van der Waals surface area contributed by atoms with Gasteiger partial charge in [-0.2, -0.15) is 0 Å². The van der Waals surface area contributed by atoms with Crippen molar-refractivity contribution >= 4 is 11.6 Å². The Morgan fingerprint density at radius 2 is 2.15 bits per heavy atom. The van der Waals surface area contributed by atoms with Crippen LogP contribution >= 0.6 is 11.6 Å². The van der Waals surface area contributed by atoms with Gasteiger partial charge in [0.25, 0.3) is 0 Å². The van der Waals surface area contributed by atoms with Crippen LogP contribution in [0.15, 0.2) is 12.1 Å². The fourth-order valence-corrected chi connectivity index (χ4v) is 2.80. The van der Waals surface area contributed by atoms with Crippen LogP contribution in [0.4, 0.5) is 0 Å². The van der Waals surface area contributed by atoms with Crippen LogP contribution in [0.3, 0.4) is 0 Å². The van der Waals surface area contributed by atoms with Crippen molar-refractivity contribution in [3.05, 3.63) is 28.3 Å². The van der Waals surface area contributed by atoms with Crippen LogP contribution in [-0.4, -0.2) is 31.1 Å². The van der Waals surface area contributed by atoms with Crippen molar-refractivity contribution in [2.24, 2.45) is 11.7 Å². The van der Waals surface area contributed by atoms with E-state index in [-0.39, 0.29) is 6.04 Å². The van der Waals surface area contributed by atoms with Crippen LogP contribution in [0.1, 0.15) is 31.4 Å². The lowest BCUT2D eigenvalue weighted by Crippen LogP contribution is -2.31. The molecule has 0 amide bonds. The Bertz CT molecular complexity index is 462. The molecule has 112 valence electrons. The van der Waals surface area contributed by atoms with Gasteiger partial charge in [0.15, 0.2) is 0 Å². The van der Waals surface area contributed by atoms with E-state index in [9.17, 15) is 0 Å². The molecular formula is C16H25ClN2O. The van der Waals surface area contributed by atoms with E-state index in [1.807, 2.05) is 12.1 Å². The highest BCUT2D eigenvalue weighted by atomic mass is 35.5. The zero-order valence-corrected chi connectivity index (χ0v) is 13.4. The van der Waals surface area contributed by atoms with E-state index in [0.717, 1.165) is 43.3 Å². The van der Waals surface area contributed by atoms with Gasteiger partial charge >= 0.3 is 0 Å². The largest absolute Gasteiger partial charge is 0.493 e. The van der Waals surface area contributed by atoms with Gasteiger partial charge in [0, 0.05) is 29.6 Å². The average molecular weight is 297 g/mol. The van der Waals surface area contributed by atoms with Crippen molar-refractivity contribution in [2.75, 3.05) is 20.2 Å². The minimum atomic E-state index is 0.263. The fourth-order valence-electron chi connectivity index (χ4n) is 2.54. The summed E-state index contributed by atoms with van der Waals surface area (Å²) in [5, 5.41) is 0.802. The highest BCUT2D eigenvalue weighted by molar-refractivity contribution is 6.30. The van der Waals surface area contributed by atoms with Crippen LogP contribution < -0.4 is 10.5 Å². The van der Waals surface area contributed by atoms with Crippen molar-refractivity contribution in [3.63, 3.8) is 0 Å². The maximum absolute atomic E-state index is 6.19. The smallest absolute Gasteiger partial charge is 0.127 e. The number of halogens is 1. The second kappa shape index (κ2) is 6.79. The van der Waals surface area contributed by atoms with Crippen LogP contribution in [0, 0.1) is 5.92 Å². The predicted octanol–water partition coefficient (Wildman–Crippen LogP) is 3.08. The van der Waals surface area contributed by atoms with Crippen molar-refractivity contribution in [1.82, 2.24) is 4.90 Å². The summed E-state index contributed by atoms with van der Waals surface area (Å²) in [6.07, 6.45) is 1.97. The molecule has 3 nitrogen and oxygen atoms in total. The Morgan fingerprint density at radius 3 is 2.85 bits per heavy atom. The molecule has 0 fully saturated rings. The standard InChI is InChI=1S/C16H25ClN2O/c1-11(2)15(18)4-6-19(3)10-13-9-14(17)8-12-5-7-20-16(12)13/h8-9,11,15H,4-7,10,18H2,1-3H3. The van der Waals surface area contributed by atoms with E-state index >= 15 is 0 Å². The Hall–Kier alpha value is -0.770. The summed E-state index contributed by atoms with van der Waals surface area (Å²) in [6, 6.07) is 4.30. The molecular weight excluding hydrogens is 272 g/mol. The molecule has 1 aromatic rings. The number of nitrogens with two attached hydrogens (primary N) is 1. The average Bonchev–Trinajstić information content (AvgIpc) is 2.83. The Labute approximate surface area is 127 Å². The molecule has 4 heteroatoms. The molecule has 0 saturated carbocycles. The van der Waals surface area contributed by atoms with E-state index in [1.165, 1.54) is 11.1 Å². The zero-order chi connectivity index (χ0) is 14.7. The van der Waals surface area contributed by atoms with Gasteiger partial charge in [0.1, 0.15) is 5.75 Å². The predicted molar refractivity (Wildman–Crippen MR) is 84.4 cm³/mol. The van der Waals surface area contributed by atoms with E-state index in [2.05, 4.69) is 25.8 Å². The number of ether oxygens (including phenoxy) is 1. The molecule has 1 atom stereocenters. The third kappa shape index (κ3) is 3.87. The number of hydrogen-bond acceptors (Lipinski definition) is 3. The first-order valence-corrected chi connectivity index (χ1v) is 7.73. The van der Waals surface area contributed by atoms with Gasteiger partial charge < -0.3 is 15.4 Å². The molecule has 1 unspecified atom stereocenters. The van der Waals surface area contributed by atoms with Gasteiger partial charge in [-0.05, 0) is 43.6 Å². The number of nitrogens with zero attached hydrogens (tertiary/aromatic N) is 1. The third-order valence-corrected chi connectivity index (χ3v) is 4.18. The van der Waals surface area contributed by atoms with Crippen LogP contribution in [0.25, 0.3) is 0 Å². The van der Waals surface area contributed by atoms with Gasteiger partial charge in [0.05, 0.1) is 6.61 Å². The second-order valence-corrected chi connectivity index (χ2v) is 6.52. The van der Waals surface area contributed by atoms with Crippen molar-refractivity contribution in [2.45, 2.75) is 39.3 Å². The minimum Gasteiger partial charge on any atom is -0.493 e. The van der Waals surface area contributed by atoms with E-state index in [4.69, 9.17) is 22.1 Å². The Kier molecular flexibility index (Phi) is 5.30. The van der Waals surface area contributed by atoms with E-state index < -0.39 is 0 Å². The van der Waals surface area contributed by atoms with Gasteiger partial charge in [0.2, 0.25) is 0 Å². The molecule has 0 spiro atoms. The molecule has 1 aliphatic heterocycles. The quantitative estimate of drug-likeness (QED) is 0.877. The van der Waals surface area contributed by atoms with Crippen LogP contribution in [-0.2, 0) is 13.0 Å². The summed E-state index contributed by atoms with van der Waals surface area (Å²) in [5.41, 5.74) is 8.52. The number of rotatable bonds is 6. The van der Waals surface area contributed by atoms with Crippen LogP contribution in [0.5, 0.6) is 5.75 Å². The molecule has 0 aliphatic carbocycles. The Morgan fingerprint density at radius 1 is 1.40 bits per heavy atom. The van der Waals surface area contributed by atoms with Gasteiger partial charge in [-0.25, -0.2) is 0 Å². The van der Waals surface area contributed by atoms with Gasteiger partial charge in [-0.15, -0.1) is 0 Å². The molecule has 0 aromatic heterocycles.